The predicted molar refractivity (Wildman–Crippen MR) is 125 cm³/mol. The summed E-state index contributed by atoms with van der Waals surface area (Å²) in [6, 6.07) is -2.55. The van der Waals surface area contributed by atoms with Gasteiger partial charge in [0.1, 0.15) is 17.7 Å². The lowest BCUT2D eigenvalue weighted by atomic mass is 9.97. The van der Waals surface area contributed by atoms with E-state index in [4.69, 9.17) is 14.1 Å². The molecule has 17 nitrogen and oxygen atoms in total. The van der Waals surface area contributed by atoms with Gasteiger partial charge in [-0.3, -0.25) is 14.0 Å². The van der Waals surface area contributed by atoms with Crippen LogP contribution in [0.2, 0.25) is 0 Å². The number of hydrogen-bond acceptors (Lipinski definition) is 10. The summed E-state index contributed by atoms with van der Waals surface area (Å²) in [6.07, 6.45) is 0.846. The van der Waals surface area contributed by atoms with Crippen LogP contribution in [0.25, 0.3) is 0 Å². The second-order valence-electron chi connectivity index (χ2n) is 9.07. The first-order chi connectivity index (χ1) is 17.2. The molecule has 2 bridgehead atoms. The van der Waals surface area contributed by atoms with Crippen molar-refractivity contribution >= 4 is 34.3 Å². The van der Waals surface area contributed by atoms with Crippen molar-refractivity contribution in [3.8, 4) is 0 Å². The average Bonchev–Trinajstić information content (AvgIpc) is 3.28. The number of nitrogens with zero attached hydrogens (tertiary/aromatic N) is 5. The number of alkyl carbamates (subject to hydrolysis) is 1. The number of hydroxylamine groups is 2. The summed E-state index contributed by atoms with van der Waals surface area (Å²) in [5, 5.41) is 16.6. The Kier molecular flexibility index (Phi) is 8.13. The first kappa shape index (κ1) is 27.9. The van der Waals surface area contributed by atoms with Crippen molar-refractivity contribution in [1.29, 1.82) is 0 Å². The van der Waals surface area contributed by atoms with Gasteiger partial charge in [-0.05, 0) is 20.8 Å². The maximum absolute atomic E-state index is 12.9. The average molecular weight is 547 g/mol. The van der Waals surface area contributed by atoms with Crippen LogP contribution in [0.3, 0.4) is 0 Å². The minimum Gasteiger partial charge on any atom is -0.444 e. The summed E-state index contributed by atoms with van der Waals surface area (Å²) in [5.41, 5.74) is 0.345. The molecule has 206 valence electrons. The van der Waals surface area contributed by atoms with Crippen LogP contribution in [0.1, 0.15) is 44.1 Å². The highest BCUT2D eigenvalue weighted by Gasteiger charge is 2.53. The van der Waals surface area contributed by atoms with E-state index >= 15 is 0 Å². The lowest BCUT2D eigenvalue weighted by molar-refractivity contribution is -0.125. The van der Waals surface area contributed by atoms with Gasteiger partial charge in [-0.15, -0.1) is 4.28 Å². The van der Waals surface area contributed by atoms with Crippen LogP contribution in [0, 0.1) is 0 Å². The normalized spacial score (nSPS) is 19.4. The second-order valence-corrected chi connectivity index (χ2v) is 10.1. The van der Waals surface area contributed by atoms with Gasteiger partial charge in [-0.25, -0.2) is 9.59 Å². The topological polar surface area (TPSA) is 206 Å². The first-order valence-corrected chi connectivity index (χ1v) is 12.5. The number of aryl methyl sites for hydroxylation is 1. The van der Waals surface area contributed by atoms with Crippen LogP contribution in [-0.4, -0.2) is 95.5 Å². The molecule has 0 radical (unpaired) electrons. The Morgan fingerprint density at radius 3 is 2.57 bits per heavy atom. The summed E-state index contributed by atoms with van der Waals surface area (Å²) < 4.78 is 42.7. The summed E-state index contributed by atoms with van der Waals surface area (Å²) in [7, 11) is -1.80. The Bertz CT molecular complexity index is 1180. The molecule has 0 aliphatic carbocycles. The number of amides is 4. The van der Waals surface area contributed by atoms with E-state index in [1.165, 1.54) is 22.8 Å². The Balaban J connectivity index is 1.62. The van der Waals surface area contributed by atoms with Crippen LogP contribution in [-0.2, 0) is 36.1 Å². The van der Waals surface area contributed by atoms with Crippen molar-refractivity contribution < 1.29 is 41.2 Å². The molecule has 1 aromatic heterocycles. The van der Waals surface area contributed by atoms with Gasteiger partial charge in [0.2, 0.25) is 0 Å². The summed E-state index contributed by atoms with van der Waals surface area (Å²) in [6.45, 7) is 5.01. The predicted octanol–water partition coefficient (Wildman–Crippen LogP) is -0.822. The molecular weight excluding hydrogens is 516 g/mol. The van der Waals surface area contributed by atoms with Gasteiger partial charge >= 0.3 is 22.5 Å². The van der Waals surface area contributed by atoms with E-state index in [0.29, 0.717) is 16.3 Å². The molecule has 2 aliphatic rings. The number of oxime groups is 1. The van der Waals surface area contributed by atoms with Crippen LogP contribution in [0.5, 0.6) is 0 Å². The molecule has 4 amide bonds. The van der Waals surface area contributed by atoms with Crippen molar-refractivity contribution in [1.82, 2.24) is 35.7 Å². The van der Waals surface area contributed by atoms with Gasteiger partial charge in [0.25, 0.3) is 5.91 Å². The van der Waals surface area contributed by atoms with Gasteiger partial charge in [-0.2, -0.15) is 18.6 Å². The molecule has 3 rings (SSSR count). The third-order valence-corrected chi connectivity index (χ3v) is 5.54. The number of carbonyl (C=O) groups is 3. The smallest absolute Gasteiger partial charge is 0.418 e. The quantitative estimate of drug-likeness (QED) is 0.0989. The Morgan fingerprint density at radius 2 is 1.95 bits per heavy atom. The number of likely N-dealkylation sites (N-methyl/N-ethyl adjacent to an activating group) is 1. The SMILES string of the molecule is CN/C(=N\OCC(=O)NCCNC(=O)OC(C)(C)C)C1c2c(cnn2C)C2CN1C(=O)N2OS(=O)(=O)O. The summed E-state index contributed by atoms with van der Waals surface area (Å²) >= 11 is 0. The van der Waals surface area contributed by atoms with E-state index in [9.17, 15) is 22.8 Å². The molecule has 1 fully saturated rings. The number of urea groups is 1. The van der Waals surface area contributed by atoms with Crippen molar-refractivity contribution in [2.45, 2.75) is 38.5 Å². The number of aromatic nitrogens is 2. The number of carbonyl (C=O) groups excluding carboxylic acids is 3. The second kappa shape index (κ2) is 10.8. The highest BCUT2D eigenvalue weighted by Crippen LogP contribution is 2.44. The molecule has 0 aromatic carbocycles. The Labute approximate surface area is 213 Å². The minimum atomic E-state index is -4.96. The van der Waals surface area contributed by atoms with Gasteiger partial charge in [-0.1, -0.05) is 5.16 Å². The van der Waals surface area contributed by atoms with E-state index in [0.717, 1.165) is 0 Å². The van der Waals surface area contributed by atoms with Crippen LogP contribution in [0.15, 0.2) is 11.4 Å². The van der Waals surface area contributed by atoms with Gasteiger partial charge in [0.15, 0.2) is 12.4 Å². The molecule has 2 aliphatic heterocycles. The zero-order valence-electron chi connectivity index (χ0n) is 20.9. The van der Waals surface area contributed by atoms with Crippen LogP contribution >= 0.6 is 0 Å². The van der Waals surface area contributed by atoms with Crippen LogP contribution in [0.4, 0.5) is 9.59 Å². The third kappa shape index (κ3) is 6.77. The van der Waals surface area contributed by atoms with E-state index < -0.39 is 52.7 Å². The maximum atomic E-state index is 12.9. The van der Waals surface area contributed by atoms with Gasteiger partial charge < -0.3 is 30.4 Å². The lowest BCUT2D eigenvalue weighted by Gasteiger charge is -2.31. The van der Waals surface area contributed by atoms with E-state index in [2.05, 4.69) is 30.5 Å². The first-order valence-electron chi connectivity index (χ1n) is 11.1. The van der Waals surface area contributed by atoms with Gasteiger partial charge in [0, 0.05) is 32.7 Å². The number of amidine groups is 1. The molecule has 0 spiro atoms. The highest BCUT2D eigenvalue weighted by molar-refractivity contribution is 7.80. The maximum Gasteiger partial charge on any atom is 0.418 e. The molecule has 37 heavy (non-hydrogen) atoms. The molecule has 3 heterocycles. The van der Waals surface area contributed by atoms with E-state index in [1.807, 2.05) is 0 Å². The molecule has 2 atom stereocenters. The molecule has 1 aromatic rings. The minimum absolute atomic E-state index is 0.0174. The largest absolute Gasteiger partial charge is 0.444 e. The molecule has 0 saturated carbocycles. The number of rotatable bonds is 9. The van der Waals surface area contributed by atoms with E-state index in [-0.39, 0.29) is 25.5 Å². The molecule has 4 N–H and O–H groups in total. The molecule has 1 saturated heterocycles. The fourth-order valence-corrected chi connectivity index (χ4v) is 4.20. The zero-order valence-corrected chi connectivity index (χ0v) is 21.7. The lowest BCUT2D eigenvalue weighted by Crippen LogP contribution is -2.44. The molecular formula is C19H30N8O9S. The highest BCUT2D eigenvalue weighted by atomic mass is 32.3. The van der Waals surface area contributed by atoms with Crippen LogP contribution < -0.4 is 16.0 Å². The summed E-state index contributed by atoms with van der Waals surface area (Å²) in [4.78, 5) is 43.1. The monoisotopic (exact) mass is 546 g/mol. The number of hydrogen-bond donors (Lipinski definition) is 4. The summed E-state index contributed by atoms with van der Waals surface area (Å²) in [5.74, 6) is -0.384. The van der Waals surface area contributed by atoms with Crippen molar-refractivity contribution in [3.05, 3.63) is 17.5 Å². The van der Waals surface area contributed by atoms with Crippen molar-refractivity contribution in [3.63, 3.8) is 0 Å². The van der Waals surface area contributed by atoms with Crippen molar-refractivity contribution in [2.24, 2.45) is 12.2 Å². The molecule has 18 heteroatoms. The molecule has 2 unspecified atom stereocenters. The van der Waals surface area contributed by atoms with Crippen molar-refractivity contribution in [2.75, 3.05) is 33.3 Å². The van der Waals surface area contributed by atoms with E-state index in [1.54, 1.807) is 27.8 Å². The Morgan fingerprint density at radius 1 is 1.27 bits per heavy atom. The number of ether oxygens (including phenoxy) is 1. The third-order valence-electron chi connectivity index (χ3n) is 5.19. The zero-order chi connectivity index (χ0) is 27.5. The Hall–Kier alpha value is -3.64. The fourth-order valence-electron chi connectivity index (χ4n) is 3.83. The number of nitrogens with one attached hydrogen (secondary N) is 3. The van der Waals surface area contributed by atoms with Gasteiger partial charge in [0.05, 0.1) is 18.4 Å². The fraction of sp³-hybridized carbons (Fsp3) is 0.632. The standard InChI is InChI=1S/C19H30N8O9S/c1-19(2,3)35-17(29)22-7-6-21-13(28)10-34-24-16(20-4)15-14-11(8-23-25(14)5)12-9-26(15)18(30)27(12)36-37(31,32)33/h8,12,15H,6-7,9-10H2,1-5H3,(H,20,24)(H,21,28)(H,22,29)(H,31,32,33). The number of fused-ring (bicyclic) bond motifs is 4.